The summed E-state index contributed by atoms with van der Waals surface area (Å²) in [6, 6.07) is 13.9. The van der Waals surface area contributed by atoms with Crippen LogP contribution in [0.1, 0.15) is 5.56 Å². The number of aromatic nitrogens is 2. The minimum absolute atomic E-state index is 0.532. The topological polar surface area (TPSA) is 71.4 Å². The molecule has 0 aliphatic heterocycles. The molecule has 0 fully saturated rings. The average molecular weight is 335 g/mol. The smallest absolute Gasteiger partial charge is 0.191 e. The third-order valence-corrected chi connectivity index (χ3v) is 3.71. The number of rotatable bonds is 6. The maximum Gasteiger partial charge on any atom is 0.191 e. The lowest BCUT2D eigenvalue weighted by molar-refractivity contribution is 0.320. The highest BCUT2D eigenvalue weighted by Gasteiger charge is 2.03. The van der Waals surface area contributed by atoms with Crippen molar-refractivity contribution in [1.82, 2.24) is 20.6 Å². The molecule has 2 N–H and O–H groups in total. The Morgan fingerprint density at radius 1 is 1.08 bits per heavy atom. The molecule has 0 spiro atoms. The standard InChI is InChI=1S/C19H21N5O/c1-20-19(23-11-12-25-16-5-4-9-21-14-16)24-13-15-8-10-22-18-7-3-2-6-17(15)18/h2-10,14H,11-13H2,1H3,(H2,20,23,24). The number of pyridine rings is 2. The summed E-state index contributed by atoms with van der Waals surface area (Å²) in [5.74, 6) is 1.49. The van der Waals surface area contributed by atoms with Gasteiger partial charge in [-0.25, -0.2) is 0 Å². The van der Waals surface area contributed by atoms with Crippen molar-refractivity contribution in [2.24, 2.45) is 4.99 Å². The second-order valence-electron chi connectivity index (χ2n) is 5.38. The van der Waals surface area contributed by atoms with Gasteiger partial charge in [-0.1, -0.05) is 18.2 Å². The average Bonchev–Trinajstić information content (AvgIpc) is 2.68. The van der Waals surface area contributed by atoms with Crippen molar-refractivity contribution >= 4 is 16.9 Å². The quantitative estimate of drug-likeness (QED) is 0.411. The van der Waals surface area contributed by atoms with Gasteiger partial charge in [0.1, 0.15) is 12.4 Å². The zero-order valence-corrected chi connectivity index (χ0v) is 14.1. The number of ether oxygens (including phenoxy) is 1. The molecule has 0 atom stereocenters. The van der Waals surface area contributed by atoms with Crippen molar-refractivity contribution in [2.75, 3.05) is 20.2 Å². The normalized spacial score (nSPS) is 11.3. The Labute approximate surface area is 147 Å². The molecule has 6 nitrogen and oxygen atoms in total. The number of hydrogen-bond acceptors (Lipinski definition) is 4. The summed E-state index contributed by atoms with van der Waals surface area (Å²) in [5.41, 5.74) is 2.18. The first-order valence-corrected chi connectivity index (χ1v) is 8.17. The number of guanidine groups is 1. The molecule has 0 radical (unpaired) electrons. The monoisotopic (exact) mass is 335 g/mol. The molecular weight excluding hydrogens is 314 g/mol. The molecule has 0 bridgehead atoms. The van der Waals surface area contributed by atoms with E-state index in [4.69, 9.17) is 4.74 Å². The molecule has 0 unspecified atom stereocenters. The van der Waals surface area contributed by atoms with E-state index in [0.717, 1.165) is 22.6 Å². The van der Waals surface area contributed by atoms with Crippen LogP contribution in [-0.4, -0.2) is 36.1 Å². The van der Waals surface area contributed by atoms with Gasteiger partial charge in [0.15, 0.2) is 5.96 Å². The van der Waals surface area contributed by atoms with Crippen LogP contribution in [0, 0.1) is 0 Å². The lowest BCUT2D eigenvalue weighted by Gasteiger charge is -2.13. The number of hydrogen-bond donors (Lipinski definition) is 2. The molecule has 0 saturated carbocycles. The molecule has 0 aliphatic carbocycles. The Kier molecular flexibility index (Phi) is 5.77. The molecule has 0 aliphatic rings. The van der Waals surface area contributed by atoms with Crippen LogP contribution in [0.4, 0.5) is 0 Å². The molecule has 1 aromatic carbocycles. The van der Waals surface area contributed by atoms with E-state index >= 15 is 0 Å². The molecule has 6 heteroatoms. The summed E-state index contributed by atoms with van der Waals surface area (Å²) in [4.78, 5) is 12.6. The fraction of sp³-hybridized carbons (Fsp3) is 0.211. The Morgan fingerprint density at radius 3 is 2.84 bits per heavy atom. The number of para-hydroxylation sites is 1. The highest BCUT2D eigenvalue weighted by atomic mass is 16.5. The predicted molar refractivity (Wildman–Crippen MR) is 99.7 cm³/mol. The van der Waals surface area contributed by atoms with E-state index in [2.05, 4.69) is 31.7 Å². The van der Waals surface area contributed by atoms with Gasteiger partial charge < -0.3 is 15.4 Å². The maximum absolute atomic E-state index is 5.61. The first-order valence-electron chi connectivity index (χ1n) is 8.17. The zero-order chi connectivity index (χ0) is 17.3. The highest BCUT2D eigenvalue weighted by Crippen LogP contribution is 2.15. The van der Waals surface area contributed by atoms with E-state index in [0.29, 0.717) is 19.7 Å². The van der Waals surface area contributed by atoms with Gasteiger partial charge in [0.25, 0.3) is 0 Å². The Balaban J connectivity index is 1.49. The summed E-state index contributed by atoms with van der Waals surface area (Å²) in [6.45, 7) is 1.85. The van der Waals surface area contributed by atoms with E-state index in [1.54, 1.807) is 19.4 Å². The molecular formula is C19H21N5O. The molecule has 3 rings (SSSR count). The molecule has 3 aromatic rings. The fourth-order valence-corrected chi connectivity index (χ4v) is 2.48. The van der Waals surface area contributed by atoms with Crippen LogP contribution in [0.3, 0.4) is 0 Å². The first kappa shape index (κ1) is 16.7. The van der Waals surface area contributed by atoms with Crippen molar-refractivity contribution in [2.45, 2.75) is 6.54 Å². The number of nitrogens with one attached hydrogen (secondary N) is 2. The summed E-state index contributed by atoms with van der Waals surface area (Å²) >= 11 is 0. The van der Waals surface area contributed by atoms with Crippen LogP contribution in [0.15, 0.2) is 66.0 Å². The van der Waals surface area contributed by atoms with Gasteiger partial charge in [-0.2, -0.15) is 0 Å². The van der Waals surface area contributed by atoms with E-state index in [1.165, 1.54) is 5.56 Å². The summed E-state index contributed by atoms with van der Waals surface area (Å²) in [5, 5.41) is 7.70. The van der Waals surface area contributed by atoms with E-state index in [1.807, 2.05) is 42.6 Å². The van der Waals surface area contributed by atoms with Crippen molar-refractivity contribution in [3.63, 3.8) is 0 Å². The lowest BCUT2D eigenvalue weighted by atomic mass is 10.1. The third-order valence-electron chi connectivity index (χ3n) is 3.71. The minimum atomic E-state index is 0.532. The second-order valence-corrected chi connectivity index (χ2v) is 5.38. The Bertz CT molecular complexity index is 830. The van der Waals surface area contributed by atoms with Gasteiger partial charge in [-0.15, -0.1) is 0 Å². The fourth-order valence-electron chi connectivity index (χ4n) is 2.48. The van der Waals surface area contributed by atoms with Gasteiger partial charge >= 0.3 is 0 Å². The molecule has 0 saturated heterocycles. The highest BCUT2D eigenvalue weighted by molar-refractivity contribution is 5.83. The lowest BCUT2D eigenvalue weighted by Crippen LogP contribution is -2.38. The second kappa shape index (κ2) is 8.63. The Morgan fingerprint density at radius 2 is 2.00 bits per heavy atom. The molecule has 128 valence electrons. The van der Waals surface area contributed by atoms with E-state index in [9.17, 15) is 0 Å². The SMILES string of the molecule is CN=C(NCCOc1cccnc1)NCc1ccnc2ccccc12. The van der Waals surface area contributed by atoms with Crippen molar-refractivity contribution in [3.05, 3.63) is 66.6 Å². The number of fused-ring (bicyclic) bond motifs is 1. The molecule has 0 amide bonds. The maximum atomic E-state index is 5.61. The predicted octanol–water partition coefficient (Wildman–Crippen LogP) is 2.37. The first-order chi connectivity index (χ1) is 12.4. The number of benzene rings is 1. The number of aliphatic imine (C=N–C) groups is 1. The van der Waals surface area contributed by atoms with Crippen molar-refractivity contribution in [1.29, 1.82) is 0 Å². The van der Waals surface area contributed by atoms with Gasteiger partial charge in [-0.3, -0.25) is 15.0 Å². The van der Waals surface area contributed by atoms with Crippen LogP contribution in [0.5, 0.6) is 5.75 Å². The molecule has 2 aromatic heterocycles. The summed E-state index contributed by atoms with van der Waals surface area (Å²) in [7, 11) is 1.75. The summed E-state index contributed by atoms with van der Waals surface area (Å²) in [6.07, 6.45) is 5.25. The van der Waals surface area contributed by atoms with Crippen LogP contribution in [0.25, 0.3) is 10.9 Å². The van der Waals surface area contributed by atoms with Crippen LogP contribution >= 0.6 is 0 Å². The van der Waals surface area contributed by atoms with E-state index in [-0.39, 0.29) is 0 Å². The minimum Gasteiger partial charge on any atom is -0.490 e. The van der Waals surface area contributed by atoms with Gasteiger partial charge in [-0.05, 0) is 29.8 Å². The van der Waals surface area contributed by atoms with Crippen LogP contribution in [0.2, 0.25) is 0 Å². The Hall–Kier alpha value is -3.15. The largest absolute Gasteiger partial charge is 0.490 e. The molecule has 2 heterocycles. The van der Waals surface area contributed by atoms with E-state index < -0.39 is 0 Å². The number of nitrogens with zero attached hydrogens (tertiary/aromatic N) is 3. The summed E-state index contributed by atoms with van der Waals surface area (Å²) < 4.78 is 5.61. The third kappa shape index (κ3) is 4.67. The van der Waals surface area contributed by atoms with Crippen molar-refractivity contribution < 1.29 is 4.74 Å². The van der Waals surface area contributed by atoms with Crippen LogP contribution < -0.4 is 15.4 Å². The van der Waals surface area contributed by atoms with Crippen LogP contribution in [-0.2, 0) is 6.54 Å². The molecule has 25 heavy (non-hydrogen) atoms. The zero-order valence-electron chi connectivity index (χ0n) is 14.1. The van der Waals surface area contributed by atoms with Crippen molar-refractivity contribution in [3.8, 4) is 5.75 Å². The van der Waals surface area contributed by atoms with Gasteiger partial charge in [0, 0.05) is 31.4 Å². The van der Waals surface area contributed by atoms with Gasteiger partial charge in [0.2, 0.25) is 0 Å². The van der Waals surface area contributed by atoms with Gasteiger partial charge in [0.05, 0.1) is 18.3 Å².